The van der Waals surface area contributed by atoms with E-state index in [1.165, 1.54) is 4.57 Å². The van der Waals surface area contributed by atoms with Gasteiger partial charge >= 0.3 is 0 Å². The smallest absolute Gasteiger partial charge is 0.263 e. The monoisotopic (exact) mass is 383 g/mol. The molecule has 5 heteroatoms. The van der Waals surface area contributed by atoms with Crippen molar-refractivity contribution in [1.29, 1.82) is 0 Å². The van der Waals surface area contributed by atoms with Crippen LogP contribution in [0.25, 0.3) is 10.9 Å². The number of amides is 1. The minimum absolute atomic E-state index is 0.129. The van der Waals surface area contributed by atoms with Crippen molar-refractivity contribution in [3.05, 3.63) is 95.6 Å². The maximum atomic E-state index is 13.2. The first-order valence-electron chi connectivity index (χ1n) is 9.49. The van der Waals surface area contributed by atoms with Gasteiger partial charge in [0, 0.05) is 16.6 Å². The summed E-state index contributed by atoms with van der Waals surface area (Å²) < 4.78 is 1.41. The molecule has 0 aliphatic heterocycles. The highest BCUT2D eigenvalue weighted by molar-refractivity contribution is 6.19. The number of carbonyl (C=O) groups is 2. The average molecular weight is 383 g/mol. The van der Waals surface area contributed by atoms with E-state index in [2.05, 4.69) is 12.2 Å². The molecule has 0 saturated heterocycles. The van der Waals surface area contributed by atoms with Crippen LogP contribution < -0.4 is 11.1 Å². The van der Waals surface area contributed by atoms with Gasteiger partial charge in [0.25, 0.3) is 11.8 Å². The van der Waals surface area contributed by atoms with Gasteiger partial charge in [0.05, 0.1) is 11.1 Å². The zero-order valence-corrected chi connectivity index (χ0v) is 16.1. The number of nitrogens with one attached hydrogen (secondary N) is 1. The molecule has 4 rings (SSSR count). The van der Waals surface area contributed by atoms with Crippen LogP contribution in [0.4, 0.5) is 11.5 Å². The Bertz CT molecular complexity index is 1190. The summed E-state index contributed by atoms with van der Waals surface area (Å²) in [7, 11) is 0. The van der Waals surface area contributed by atoms with E-state index < -0.39 is 0 Å². The van der Waals surface area contributed by atoms with Gasteiger partial charge in [-0.1, -0.05) is 55.5 Å². The Balaban J connectivity index is 1.80. The number of fused-ring (bicyclic) bond motifs is 1. The number of anilines is 2. The second-order valence-corrected chi connectivity index (χ2v) is 6.79. The number of carbonyl (C=O) groups excluding carboxylic acids is 2. The van der Waals surface area contributed by atoms with Crippen LogP contribution in [-0.4, -0.2) is 16.4 Å². The SMILES string of the molecule is CCc1ccc(C(=O)n2c(N)c(C(=O)Nc3ccccc3)c3ccccc32)cc1. The van der Waals surface area contributed by atoms with Crippen LogP contribution in [0.1, 0.15) is 33.2 Å². The molecule has 0 aliphatic carbocycles. The molecule has 4 aromatic rings. The molecule has 1 heterocycles. The predicted octanol–water partition coefficient (Wildman–Crippen LogP) is 4.73. The molecule has 3 aromatic carbocycles. The number of benzene rings is 3. The molecule has 0 fully saturated rings. The summed E-state index contributed by atoms with van der Waals surface area (Å²) in [4.78, 5) is 26.2. The van der Waals surface area contributed by atoms with Gasteiger partial charge in [0.1, 0.15) is 5.82 Å². The van der Waals surface area contributed by atoms with Gasteiger partial charge in [-0.25, -0.2) is 0 Å². The third kappa shape index (κ3) is 3.38. The van der Waals surface area contributed by atoms with Crippen molar-refractivity contribution in [1.82, 2.24) is 4.57 Å². The Hall–Kier alpha value is -3.86. The van der Waals surface area contributed by atoms with Crippen LogP contribution in [0.5, 0.6) is 0 Å². The maximum absolute atomic E-state index is 13.2. The summed E-state index contributed by atoms with van der Waals surface area (Å²) in [6.45, 7) is 2.06. The van der Waals surface area contributed by atoms with E-state index in [4.69, 9.17) is 5.73 Å². The maximum Gasteiger partial charge on any atom is 0.263 e. The Morgan fingerprint density at radius 3 is 2.24 bits per heavy atom. The van der Waals surface area contributed by atoms with Gasteiger partial charge in [-0.2, -0.15) is 0 Å². The largest absolute Gasteiger partial charge is 0.384 e. The highest BCUT2D eigenvalue weighted by atomic mass is 16.2. The number of aromatic nitrogens is 1. The lowest BCUT2D eigenvalue weighted by Gasteiger charge is -2.08. The molecule has 0 atom stereocenters. The lowest BCUT2D eigenvalue weighted by atomic mass is 10.1. The molecule has 0 aliphatic rings. The minimum Gasteiger partial charge on any atom is -0.384 e. The van der Waals surface area contributed by atoms with Crippen LogP contribution in [0.2, 0.25) is 0 Å². The fourth-order valence-electron chi connectivity index (χ4n) is 3.44. The number of nitrogens with zero attached hydrogens (tertiary/aromatic N) is 1. The van der Waals surface area contributed by atoms with E-state index in [9.17, 15) is 9.59 Å². The van der Waals surface area contributed by atoms with Gasteiger partial charge in [-0.05, 0) is 42.3 Å². The summed E-state index contributed by atoms with van der Waals surface area (Å²) >= 11 is 0. The molecule has 0 radical (unpaired) electrons. The first kappa shape index (κ1) is 18.5. The zero-order chi connectivity index (χ0) is 20.4. The molecule has 1 amide bonds. The number of para-hydroxylation sites is 2. The molecule has 0 saturated carbocycles. The Morgan fingerprint density at radius 2 is 1.55 bits per heavy atom. The van der Waals surface area contributed by atoms with E-state index in [1.54, 1.807) is 36.4 Å². The molecule has 144 valence electrons. The second-order valence-electron chi connectivity index (χ2n) is 6.79. The summed E-state index contributed by atoms with van der Waals surface area (Å²) in [5.74, 6) is -0.484. The summed E-state index contributed by atoms with van der Waals surface area (Å²) in [5, 5.41) is 3.49. The number of hydrogen-bond acceptors (Lipinski definition) is 3. The molecule has 0 bridgehead atoms. The summed E-state index contributed by atoms with van der Waals surface area (Å²) in [6, 6.07) is 23.8. The van der Waals surface area contributed by atoms with Crippen molar-refractivity contribution in [2.45, 2.75) is 13.3 Å². The van der Waals surface area contributed by atoms with E-state index in [0.29, 0.717) is 27.7 Å². The fraction of sp³-hybridized carbons (Fsp3) is 0.0833. The van der Waals surface area contributed by atoms with Crippen molar-refractivity contribution in [3.8, 4) is 0 Å². The van der Waals surface area contributed by atoms with E-state index in [0.717, 1.165) is 12.0 Å². The highest BCUT2D eigenvalue weighted by Gasteiger charge is 2.24. The molecule has 0 spiro atoms. The van der Waals surface area contributed by atoms with Crippen LogP contribution in [0.3, 0.4) is 0 Å². The molecule has 0 unspecified atom stereocenters. The van der Waals surface area contributed by atoms with Crippen LogP contribution >= 0.6 is 0 Å². The Labute approximate surface area is 168 Å². The van der Waals surface area contributed by atoms with Crippen LogP contribution in [0.15, 0.2) is 78.9 Å². The number of nitrogens with two attached hydrogens (primary N) is 1. The lowest BCUT2D eigenvalue weighted by Crippen LogP contribution is -2.18. The summed E-state index contributed by atoms with van der Waals surface area (Å²) in [5.41, 5.74) is 9.57. The van der Waals surface area contributed by atoms with Gasteiger partial charge in [-0.15, -0.1) is 0 Å². The topological polar surface area (TPSA) is 77.1 Å². The quantitative estimate of drug-likeness (QED) is 0.535. The van der Waals surface area contributed by atoms with Crippen LogP contribution in [0, 0.1) is 0 Å². The second kappa shape index (κ2) is 7.64. The van der Waals surface area contributed by atoms with Gasteiger partial charge in [-0.3, -0.25) is 14.2 Å². The molecule has 3 N–H and O–H groups in total. The number of hydrogen-bond donors (Lipinski definition) is 2. The summed E-state index contributed by atoms with van der Waals surface area (Å²) in [6.07, 6.45) is 0.896. The fourth-order valence-corrected chi connectivity index (χ4v) is 3.44. The molecule has 5 nitrogen and oxygen atoms in total. The normalized spacial score (nSPS) is 10.8. The van der Waals surface area contributed by atoms with Gasteiger partial charge in [0.15, 0.2) is 0 Å². The van der Waals surface area contributed by atoms with Crippen LogP contribution in [-0.2, 0) is 6.42 Å². The number of rotatable bonds is 4. The van der Waals surface area contributed by atoms with E-state index >= 15 is 0 Å². The third-order valence-electron chi connectivity index (χ3n) is 4.98. The zero-order valence-electron chi connectivity index (χ0n) is 16.1. The van der Waals surface area contributed by atoms with Gasteiger partial charge < -0.3 is 11.1 Å². The van der Waals surface area contributed by atoms with Crippen molar-refractivity contribution in [3.63, 3.8) is 0 Å². The van der Waals surface area contributed by atoms with Crippen molar-refractivity contribution in [2.24, 2.45) is 0 Å². The highest BCUT2D eigenvalue weighted by Crippen LogP contribution is 2.30. The first-order chi connectivity index (χ1) is 14.1. The lowest BCUT2D eigenvalue weighted by molar-refractivity contribution is 0.0967. The van der Waals surface area contributed by atoms with Crippen molar-refractivity contribution in [2.75, 3.05) is 11.1 Å². The Morgan fingerprint density at radius 1 is 0.897 bits per heavy atom. The van der Waals surface area contributed by atoms with Gasteiger partial charge in [0.2, 0.25) is 0 Å². The van der Waals surface area contributed by atoms with Crippen molar-refractivity contribution < 1.29 is 9.59 Å². The standard InChI is InChI=1S/C24H21N3O2/c1-2-16-12-14-17(15-13-16)24(29)27-20-11-7-6-10-19(20)21(22(27)25)23(28)26-18-8-4-3-5-9-18/h3-15H,2,25H2,1H3,(H,26,28). The van der Waals surface area contributed by atoms with Crippen molar-refractivity contribution >= 4 is 34.2 Å². The number of nitrogen functional groups attached to an aromatic ring is 1. The molecule has 29 heavy (non-hydrogen) atoms. The number of aryl methyl sites for hydroxylation is 1. The molecular weight excluding hydrogens is 362 g/mol. The minimum atomic E-state index is -0.349. The van der Waals surface area contributed by atoms with E-state index in [1.807, 2.05) is 42.5 Å². The first-order valence-corrected chi connectivity index (χ1v) is 9.49. The average Bonchev–Trinajstić information content (AvgIpc) is 3.05. The predicted molar refractivity (Wildman–Crippen MR) is 116 cm³/mol. The molecular formula is C24H21N3O2. The Kier molecular flexibility index (Phi) is 4.87. The third-order valence-corrected chi connectivity index (χ3v) is 4.98. The van der Waals surface area contributed by atoms with E-state index in [-0.39, 0.29) is 17.6 Å². The molecule has 1 aromatic heterocycles.